The molecule has 1 saturated heterocycles. The molecule has 0 spiro atoms. The summed E-state index contributed by atoms with van der Waals surface area (Å²) in [4.78, 5) is 20.5. The van der Waals surface area contributed by atoms with E-state index in [1.54, 1.807) is 0 Å². The van der Waals surface area contributed by atoms with Crippen molar-refractivity contribution in [3.8, 4) is 0 Å². The molecule has 5 nitrogen and oxygen atoms in total. The molecule has 0 unspecified atom stereocenters. The molecule has 104 valence electrons. The number of hydrogen-bond acceptors (Lipinski definition) is 3. The van der Waals surface area contributed by atoms with Gasteiger partial charge in [0.15, 0.2) is 0 Å². The summed E-state index contributed by atoms with van der Waals surface area (Å²) in [6, 6.07) is 8.33. The average Bonchev–Trinajstić information content (AvgIpc) is 2.79. The summed E-state index contributed by atoms with van der Waals surface area (Å²) in [6.45, 7) is 6.12. The van der Waals surface area contributed by atoms with Crippen LogP contribution in [0.3, 0.4) is 0 Å². The first-order valence-corrected chi connectivity index (χ1v) is 6.62. The van der Waals surface area contributed by atoms with Crippen LogP contribution < -0.4 is 10.8 Å². The second kappa shape index (κ2) is 6.04. The minimum absolute atomic E-state index is 0.0908. The summed E-state index contributed by atoms with van der Waals surface area (Å²) >= 11 is 0. The van der Waals surface area contributed by atoms with Crippen LogP contribution >= 0.6 is 0 Å². The molecule has 1 aromatic rings. The van der Waals surface area contributed by atoms with E-state index in [9.17, 15) is 4.79 Å². The predicted octanol–water partition coefficient (Wildman–Crippen LogP) is 1.77. The van der Waals surface area contributed by atoms with Crippen LogP contribution in [-0.2, 0) is 11.3 Å². The zero-order chi connectivity index (χ0) is 13.8. The van der Waals surface area contributed by atoms with Gasteiger partial charge in [0.2, 0.25) is 0 Å². The number of benzene rings is 1. The highest BCUT2D eigenvalue weighted by atomic mass is 16.6. The first-order valence-electron chi connectivity index (χ1n) is 6.62. The maximum atomic E-state index is 12.2. The Balaban J connectivity index is 2.05. The lowest BCUT2D eigenvalue weighted by atomic mass is 10.1. The Bertz CT molecular complexity index is 431. The molecule has 19 heavy (non-hydrogen) atoms. The molecule has 0 aliphatic carbocycles. The third-order valence-corrected chi connectivity index (χ3v) is 3.42. The number of nitrogens with zero attached hydrogens (tertiary/aromatic N) is 2. The molecular formula is C14H21N3O2. The van der Waals surface area contributed by atoms with E-state index in [-0.39, 0.29) is 12.1 Å². The standard InChI is InChI=1S/C14H21N3O2/c1-11(2)16-8-9-17(14(16)18)13-5-3-12(4-6-13)7-10-19-15/h3-6,11H,7-10,15H2,1-2H3. The summed E-state index contributed by atoms with van der Waals surface area (Å²) in [5.41, 5.74) is 2.10. The molecule has 1 aliphatic heterocycles. The van der Waals surface area contributed by atoms with Crippen molar-refractivity contribution in [2.75, 3.05) is 24.6 Å². The number of anilines is 1. The molecule has 0 radical (unpaired) electrons. The van der Waals surface area contributed by atoms with Gasteiger partial charge < -0.3 is 9.74 Å². The summed E-state index contributed by atoms with van der Waals surface area (Å²) in [5.74, 6) is 5.01. The van der Waals surface area contributed by atoms with Crippen LogP contribution in [0.2, 0.25) is 0 Å². The molecule has 0 bridgehead atoms. The van der Waals surface area contributed by atoms with E-state index in [4.69, 9.17) is 5.90 Å². The van der Waals surface area contributed by atoms with Gasteiger partial charge in [-0.25, -0.2) is 10.7 Å². The minimum atomic E-state index is 0.0908. The predicted molar refractivity (Wildman–Crippen MR) is 74.9 cm³/mol. The minimum Gasteiger partial charge on any atom is -0.320 e. The monoisotopic (exact) mass is 263 g/mol. The summed E-state index contributed by atoms with van der Waals surface area (Å²) in [6.07, 6.45) is 0.781. The van der Waals surface area contributed by atoms with Crippen LogP contribution in [0, 0.1) is 0 Å². The summed E-state index contributed by atoms with van der Waals surface area (Å²) in [7, 11) is 0. The van der Waals surface area contributed by atoms with Crippen molar-refractivity contribution in [3.63, 3.8) is 0 Å². The Kier molecular flexibility index (Phi) is 4.39. The molecule has 2 N–H and O–H groups in total. The Morgan fingerprint density at radius 2 is 1.95 bits per heavy atom. The lowest BCUT2D eigenvalue weighted by Crippen LogP contribution is -2.36. The zero-order valence-electron chi connectivity index (χ0n) is 11.5. The maximum absolute atomic E-state index is 12.2. The molecule has 0 aromatic heterocycles. The van der Waals surface area contributed by atoms with E-state index in [1.165, 1.54) is 0 Å². The maximum Gasteiger partial charge on any atom is 0.324 e. The lowest BCUT2D eigenvalue weighted by molar-refractivity contribution is 0.141. The van der Waals surface area contributed by atoms with Crippen LogP contribution in [0.4, 0.5) is 10.5 Å². The van der Waals surface area contributed by atoms with E-state index < -0.39 is 0 Å². The van der Waals surface area contributed by atoms with Crippen LogP contribution in [0.15, 0.2) is 24.3 Å². The number of nitrogens with two attached hydrogens (primary N) is 1. The van der Waals surface area contributed by atoms with Crippen LogP contribution in [0.5, 0.6) is 0 Å². The fourth-order valence-corrected chi connectivity index (χ4v) is 2.29. The van der Waals surface area contributed by atoms with Crippen LogP contribution in [-0.4, -0.2) is 36.7 Å². The van der Waals surface area contributed by atoms with Gasteiger partial charge in [-0.3, -0.25) is 4.90 Å². The van der Waals surface area contributed by atoms with Crippen molar-refractivity contribution in [3.05, 3.63) is 29.8 Å². The smallest absolute Gasteiger partial charge is 0.320 e. The second-order valence-electron chi connectivity index (χ2n) is 5.01. The van der Waals surface area contributed by atoms with Crippen molar-refractivity contribution < 1.29 is 9.63 Å². The topological polar surface area (TPSA) is 58.8 Å². The van der Waals surface area contributed by atoms with Gasteiger partial charge in [-0.1, -0.05) is 12.1 Å². The van der Waals surface area contributed by atoms with Gasteiger partial charge in [0.1, 0.15) is 0 Å². The van der Waals surface area contributed by atoms with Gasteiger partial charge in [-0.05, 0) is 38.0 Å². The Morgan fingerprint density at radius 1 is 1.26 bits per heavy atom. The molecule has 1 aliphatic rings. The van der Waals surface area contributed by atoms with Gasteiger partial charge in [0.25, 0.3) is 0 Å². The van der Waals surface area contributed by atoms with Crippen molar-refractivity contribution in [2.45, 2.75) is 26.3 Å². The lowest BCUT2D eigenvalue weighted by Gasteiger charge is -2.21. The third kappa shape index (κ3) is 3.05. The number of hydrogen-bond donors (Lipinski definition) is 1. The fourth-order valence-electron chi connectivity index (χ4n) is 2.29. The second-order valence-corrected chi connectivity index (χ2v) is 5.01. The number of rotatable bonds is 5. The van der Waals surface area contributed by atoms with E-state index in [1.807, 2.05) is 47.9 Å². The largest absolute Gasteiger partial charge is 0.324 e. The molecular weight excluding hydrogens is 242 g/mol. The molecule has 1 heterocycles. The van der Waals surface area contributed by atoms with Crippen molar-refractivity contribution in [1.29, 1.82) is 0 Å². The molecule has 0 saturated carbocycles. The van der Waals surface area contributed by atoms with Crippen LogP contribution in [0.1, 0.15) is 19.4 Å². The Labute approximate surface area is 113 Å². The van der Waals surface area contributed by atoms with Gasteiger partial charge in [0, 0.05) is 24.8 Å². The van der Waals surface area contributed by atoms with E-state index in [0.29, 0.717) is 6.61 Å². The number of carbonyl (C=O) groups excluding carboxylic acids is 1. The number of urea groups is 1. The molecule has 2 amide bonds. The van der Waals surface area contributed by atoms with Gasteiger partial charge in [-0.2, -0.15) is 0 Å². The number of carbonyl (C=O) groups is 1. The molecule has 1 fully saturated rings. The quantitative estimate of drug-likeness (QED) is 0.824. The summed E-state index contributed by atoms with van der Waals surface area (Å²) in [5, 5.41) is 0. The van der Waals surface area contributed by atoms with Gasteiger partial charge >= 0.3 is 6.03 Å². The van der Waals surface area contributed by atoms with E-state index >= 15 is 0 Å². The first kappa shape index (κ1) is 13.8. The zero-order valence-corrected chi connectivity index (χ0v) is 11.5. The molecule has 1 aromatic carbocycles. The Morgan fingerprint density at radius 3 is 2.47 bits per heavy atom. The highest BCUT2D eigenvalue weighted by Crippen LogP contribution is 2.22. The molecule has 2 rings (SSSR count). The highest BCUT2D eigenvalue weighted by Gasteiger charge is 2.30. The van der Waals surface area contributed by atoms with Crippen molar-refractivity contribution >= 4 is 11.7 Å². The van der Waals surface area contributed by atoms with Crippen molar-refractivity contribution in [2.24, 2.45) is 5.90 Å². The van der Waals surface area contributed by atoms with E-state index in [2.05, 4.69) is 4.84 Å². The van der Waals surface area contributed by atoms with E-state index in [0.717, 1.165) is 30.8 Å². The third-order valence-electron chi connectivity index (χ3n) is 3.42. The highest BCUT2D eigenvalue weighted by molar-refractivity contribution is 5.94. The SMILES string of the molecule is CC(C)N1CCN(c2ccc(CCON)cc2)C1=O. The molecule has 5 heteroatoms. The normalized spacial score (nSPS) is 15.7. The molecule has 0 atom stereocenters. The fraction of sp³-hybridized carbons (Fsp3) is 0.500. The average molecular weight is 263 g/mol. The first-order chi connectivity index (χ1) is 9.13. The summed E-state index contributed by atoms with van der Waals surface area (Å²) < 4.78 is 0. The van der Waals surface area contributed by atoms with Crippen molar-refractivity contribution in [1.82, 2.24) is 4.90 Å². The number of amides is 2. The Hall–Kier alpha value is -1.59. The van der Waals surface area contributed by atoms with Gasteiger partial charge in [0.05, 0.1) is 6.61 Å². The van der Waals surface area contributed by atoms with Crippen LogP contribution in [0.25, 0.3) is 0 Å². The van der Waals surface area contributed by atoms with Gasteiger partial charge in [-0.15, -0.1) is 0 Å².